The summed E-state index contributed by atoms with van der Waals surface area (Å²) in [6.45, 7) is 1.53. The second kappa shape index (κ2) is 16.5. The van der Waals surface area contributed by atoms with Crippen molar-refractivity contribution >= 4 is 0 Å². The summed E-state index contributed by atoms with van der Waals surface area (Å²) in [4.78, 5) is 0. The minimum Gasteiger partial charge on any atom is -0.493 e. The van der Waals surface area contributed by atoms with Gasteiger partial charge in [0.05, 0.1) is 26.4 Å². The van der Waals surface area contributed by atoms with Gasteiger partial charge in [0.25, 0.3) is 0 Å². The van der Waals surface area contributed by atoms with E-state index in [1.54, 1.807) is 0 Å². The van der Waals surface area contributed by atoms with E-state index in [-0.39, 0.29) is 24.7 Å². The minimum absolute atomic E-state index is 0.0390. The number of halogens is 6. The lowest BCUT2D eigenvalue weighted by Gasteiger charge is -2.13. The first-order chi connectivity index (χ1) is 19.3. The smallest absolute Gasteiger partial charge is 0.194 e. The van der Waals surface area contributed by atoms with E-state index in [1.165, 1.54) is 0 Å². The number of benzene rings is 3. The van der Waals surface area contributed by atoms with Crippen molar-refractivity contribution in [3.05, 3.63) is 83.4 Å². The average molecular weight is 571 g/mol. The molecule has 0 fully saturated rings. The largest absolute Gasteiger partial charge is 0.493 e. The molecule has 3 rings (SSSR count). The van der Waals surface area contributed by atoms with Crippen LogP contribution in [0.1, 0.15) is 51.4 Å². The molecule has 4 nitrogen and oxygen atoms in total. The maximum Gasteiger partial charge on any atom is 0.194 e. The highest BCUT2D eigenvalue weighted by atomic mass is 19.2. The van der Waals surface area contributed by atoms with Gasteiger partial charge in [0.15, 0.2) is 46.4 Å². The Balaban J connectivity index is 1.22. The zero-order chi connectivity index (χ0) is 28.7. The predicted molar refractivity (Wildman–Crippen MR) is 138 cm³/mol. The van der Waals surface area contributed by atoms with Crippen LogP contribution in [0.25, 0.3) is 0 Å². The Kier molecular flexibility index (Phi) is 12.8. The summed E-state index contributed by atoms with van der Waals surface area (Å²) in [6, 6.07) is 10.7. The van der Waals surface area contributed by atoms with E-state index in [0.29, 0.717) is 37.6 Å². The van der Waals surface area contributed by atoms with Crippen molar-refractivity contribution in [2.75, 3.05) is 26.4 Å². The fourth-order valence-electron chi connectivity index (χ4n) is 3.78. The van der Waals surface area contributed by atoms with Crippen molar-refractivity contribution in [2.24, 2.45) is 0 Å². The molecular formula is C30H32F6O4. The van der Waals surface area contributed by atoms with Crippen molar-refractivity contribution in [1.29, 1.82) is 0 Å². The summed E-state index contributed by atoms with van der Waals surface area (Å²) in [6.07, 6.45) is 6.35. The van der Waals surface area contributed by atoms with Crippen LogP contribution in [0, 0.1) is 34.9 Å². The van der Waals surface area contributed by atoms with E-state index >= 15 is 0 Å². The van der Waals surface area contributed by atoms with E-state index in [2.05, 4.69) is 0 Å². The molecule has 0 aliphatic carbocycles. The van der Waals surface area contributed by atoms with Crippen LogP contribution < -0.4 is 18.9 Å². The van der Waals surface area contributed by atoms with Crippen LogP contribution in [0.4, 0.5) is 26.3 Å². The van der Waals surface area contributed by atoms with E-state index in [9.17, 15) is 26.3 Å². The molecule has 3 aromatic carbocycles. The minimum atomic E-state index is -1.51. The topological polar surface area (TPSA) is 36.9 Å². The number of para-hydroxylation sites is 2. The van der Waals surface area contributed by atoms with Crippen molar-refractivity contribution in [3.8, 4) is 23.0 Å². The van der Waals surface area contributed by atoms with Gasteiger partial charge in [-0.25, -0.2) is 26.3 Å². The number of ether oxygens (including phenoxy) is 4. The fraction of sp³-hybridized carbons (Fsp3) is 0.400. The van der Waals surface area contributed by atoms with E-state index < -0.39 is 34.9 Å². The van der Waals surface area contributed by atoms with Crippen LogP contribution >= 0.6 is 0 Å². The van der Waals surface area contributed by atoms with Gasteiger partial charge in [-0.15, -0.1) is 0 Å². The number of rotatable bonds is 18. The standard InChI is InChI=1S/C30H32F6O4/c31-23-17-21(18-24(32)29(23)35)37-13-7-1-3-9-15-39-27-11-5-6-12-28(27)40-16-10-4-2-8-14-38-22-19-25(33)30(36)26(34)20-22/h5-6,11-12,17-20H,1-4,7-10,13-16H2. The van der Waals surface area contributed by atoms with Crippen LogP contribution in [0.5, 0.6) is 23.0 Å². The second-order valence-electron chi connectivity index (χ2n) is 9.07. The highest BCUT2D eigenvalue weighted by Crippen LogP contribution is 2.27. The lowest BCUT2D eigenvalue weighted by molar-refractivity contribution is 0.254. The summed E-state index contributed by atoms with van der Waals surface area (Å²) in [7, 11) is 0. The molecule has 0 saturated carbocycles. The van der Waals surface area contributed by atoms with Crippen molar-refractivity contribution in [3.63, 3.8) is 0 Å². The van der Waals surface area contributed by atoms with Crippen molar-refractivity contribution in [2.45, 2.75) is 51.4 Å². The summed E-state index contributed by atoms with van der Waals surface area (Å²) in [5, 5.41) is 0. The van der Waals surface area contributed by atoms with Gasteiger partial charge < -0.3 is 18.9 Å². The van der Waals surface area contributed by atoms with Gasteiger partial charge in [-0.2, -0.15) is 0 Å². The average Bonchev–Trinajstić information content (AvgIpc) is 2.93. The molecule has 0 unspecified atom stereocenters. The molecule has 0 bridgehead atoms. The van der Waals surface area contributed by atoms with Crippen molar-refractivity contribution < 1.29 is 45.3 Å². The van der Waals surface area contributed by atoms with Gasteiger partial charge in [-0.3, -0.25) is 0 Å². The normalized spacial score (nSPS) is 10.9. The number of hydrogen-bond acceptors (Lipinski definition) is 4. The molecule has 0 heterocycles. The Morgan fingerprint density at radius 1 is 0.400 bits per heavy atom. The predicted octanol–water partition coefficient (Wildman–Crippen LogP) is 8.56. The number of unbranched alkanes of at least 4 members (excludes halogenated alkanes) is 6. The van der Waals surface area contributed by atoms with E-state index in [4.69, 9.17) is 18.9 Å². The molecule has 0 N–H and O–H groups in total. The highest BCUT2D eigenvalue weighted by Gasteiger charge is 2.12. The maximum absolute atomic E-state index is 13.2. The molecule has 0 amide bonds. The van der Waals surface area contributed by atoms with E-state index in [1.807, 2.05) is 24.3 Å². The zero-order valence-electron chi connectivity index (χ0n) is 22.0. The van der Waals surface area contributed by atoms with Crippen LogP contribution in [0.2, 0.25) is 0 Å². The quantitative estimate of drug-likeness (QED) is 0.0873. The van der Waals surface area contributed by atoms with Crippen molar-refractivity contribution in [1.82, 2.24) is 0 Å². The van der Waals surface area contributed by atoms with Gasteiger partial charge in [0.1, 0.15) is 11.5 Å². The van der Waals surface area contributed by atoms with Gasteiger partial charge in [0.2, 0.25) is 0 Å². The van der Waals surface area contributed by atoms with Gasteiger partial charge in [0, 0.05) is 24.3 Å². The third kappa shape index (κ3) is 10.2. The fourth-order valence-corrected chi connectivity index (χ4v) is 3.78. The molecule has 0 aliphatic heterocycles. The molecule has 218 valence electrons. The number of hydrogen-bond donors (Lipinski definition) is 0. The molecule has 3 aromatic rings. The summed E-state index contributed by atoms with van der Waals surface area (Å²) in [5.74, 6) is -6.91. The van der Waals surface area contributed by atoms with Gasteiger partial charge in [-0.1, -0.05) is 12.1 Å². The zero-order valence-corrected chi connectivity index (χ0v) is 22.0. The molecule has 0 atom stereocenters. The second-order valence-corrected chi connectivity index (χ2v) is 9.07. The Morgan fingerprint density at radius 3 is 1.02 bits per heavy atom. The molecule has 0 saturated heterocycles. The Labute approximate surface area is 229 Å². The van der Waals surface area contributed by atoms with Gasteiger partial charge >= 0.3 is 0 Å². The first-order valence-electron chi connectivity index (χ1n) is 13.2. The first-order valence-corrected chi connectivity index (χ1v) is 13.2. The molecule has 10 heteroatoms. The molecule has 0 aromatic heterocycles. The molecule has 0 spiro atoms. The SMILES string of the molecule is Fc1cc(OCCCCCCOc2ccccc2OCCCCCCOc2cc(F)c(F)c(F)c2)cc(F)c1F. The van der Waals surface area contributed by atoms with Crippen LogP contribution in [0.15, 0.2) is 48.5 Å². The molecule has 0 aliphatic rings. The van der Waals surface area contributed by atoms with Crippen LogP contribution in [0.3, 0.4) is 0 Å². The van der Waals surface area contributed by atoms with Gasteiger partial charge in [-0.05, 0) is 63.5 Å². The first kappa shape index (κ1) is 31.0. The Bertz CT molecular complexity index is 1070. The van der Waals surface area contributed by atoms with E-state index in [0.717, 1.165) is 62.8 Å². The summed E-state index contributed by atoms with van der Waals surface area (Å²) < 4.78 is 101. The lowest BCUT2D eigenvalue weighted by Crippen LogP contribution is -2.03. The third-order valence-corrected chi connectivity index (χ3v) is 5.89. The Hall–Kier alpha value is -3.56. The van der Waals surface area contributed by atoms with Crippen LogP contribution in [-0.2, 0) is 0 Å². The maximum atomic E-state index is 13.2. The highest BCUT2D eigenvalue weighted by molar-refractivity contribution is 5.39. The monoisotopic (exact) mass is 570 g/mol. The Morgan fingerprint density at radius 2 is 0.700 bits per heavy atom. The summed E-state index contributed by atoms with van der Waals surface area (Å²) in [5.41, 5.74) is 0. The lowest BCUT2D eigenvalue weighted by atomic mass is 10.2. The molecule has 0 radical (unpaired) electrons. The molecule has 40 heavy (non-hydrogen) atoms. The molecular weight excluding hydrogens is 538 g/mol. The summed E-state index contributed by atoms with van der Waals surface area (Å²) >= 11 is 0. The van der Waals surface area contributed by atoms with Crippen LogP contribution in [-0.4, -0.2) is 26.4 Å². The third-order valence-electron chi connectivity index (χ3n) is 5.89.